The zero-order valence-electron chi connectivity index (χ0n) is 11.0. The predicted octanol–water partition coefficient (Wildman–Crippen LogP) is 2.02. The van der Waals surface area contributed by atoms with Crippen LogP contribution in [0.2, 0.25) is 0 Å². The SMILES string of the molecule is CC(C)(C)OC(=O)N1CC(CO)CC2(CC2)C1. The number of hydrogen-bond acceptors (Lipinski definition) is 3. The maximum absolute atomic E-state index is 12.0. The molecule has 98 valence electrons. The third-order valence-electron chi connectivity index (χ3n) is 3.59. The largest absolute Gasteiger partial charge is 0.444 e. The van der Waals surface area contributed by atoms with Gasteiger partial charge in [0.25, 0.3) is 0 Å². The molecular formula is C13H23NO3. The standard InChI is InChI=1S/C13H23NO3/c1-12(2,3)17-11(16)14-7-10(8-15)6-13(9-14)4-5-13/h10,15H,4-9H2,1-3H3. The topological polar surface area (TPSA) is 49.8 Å². The summed E-state index contributed by atoms with van der Waals surface area (Å²) in [5, 5.41) is 9.30. The van der Waals surface area contributed by atoms with E-state index in [1.807, 2.05) is 20.8 Å². The van der Waals surface area contributed by atoms with Crippen molar-refractivity contribution in [2.75, 3.05) is 19.7 Å². The minimum absolute atomic E-state index is 0.168. The summed E-state index contributed by atoms with van der Waals surface area (Å²) in [5.74, 6) is 0.221. The quantitative estimate of drug-likeness (QED) is 0.764. The van der Waals surface area contributed by atoms with E-state index >= 15 is 0 Å². The van der Waals surface area contributed by atoms with Crippen LogP contribution in [0.25, 0.3) is 0 Å². The Balaban J connectivity index is 1.98. The van der Waals surface area contributed by atoms with E-state index in [-0.39, 0.29) is 18.6 Å². The van der Waals surface area contributed by atoms with Gasteiger partial charge >= 0.3 is 6.09 Å². The van der Waals surface area contributed by atoms with Crippen molar-refractivity contribution in [2.45, 2.75) is 45.6 Å². The van der Waals surface area contributed by atoms with Gasteiger partial charge in [0, 0.05) is 25.6 Å². The van der Waals surface area contributed by atoms with Gasteiger partial charge in [-0.2, -0.15) is 0 Å². The van der Waals surface area contributed by atoms with Crippen molar-refractivity contribution in [3.05, 3.63) is 0 Å². The summed E-state index contributed by atoms with van der Waals surface area (Å²) < 4.78 is 5.40. The molecule has 0 aromatic rings. The lowest BCUT2D eigenvalue weighted by Crippen LogP contribution is -2.47. The number of piperidine rings is 1. The van der Waals surface area contributed by atoms with E-state index in [0.717, 1.165) is 13.0 Å². The fourth-order valence-electron chi connectivity index (χ4n) is 2.65. The van der Waals surface area contributed by atoms with Crippen molar-refractivity contribution in [3.63, 3.8) is 0 Å². The summed E-state index contributed by atoms with van der Waals surface area (Å²) in [6.45, 7) is 7.24. The lowest BCUT2D eigenvalue weighted by atomic mass is 9.87. The van der Waals surface area contributed by atoms with Crippen molar-refractivity contribution >= 4 is 6.09 Å². The number of nitrogens with zero attached hydrogens (tertiary/aromatic N) is 1. The fraction of sp³-hybridized carbons (Fsp3) is 0.923. The second-order valence-electron chi connectivity index (χ2n) is 6.61. The third kappa shape index (κ3) is 3.12. The van der Waals surface area contributed by atoms with Gasteiger partial charge in [-0.05, 0) is 45.4 Å². The fourth-order valence-corrected chi connectivity index (χ4v) is 2.65. The van der Waals surface area contributed by atoms with E-state index in [2.05, 4.69) is 0 Å². The van der Waals surface area contributed by atoms with Gasteiger partial charge in [-0.15, -0.1) is 0 Å². The van der Waals surface area contributed by atoms with E-state index in [1.54, 1.807) is 4.90 Å². The Morgan fingerprint density at radius 2 is 2.12 bits per heavy atom. The van der Waals surface area contributed by atoms with Gasteiger partial charge < -0.3 is 14.7 Å². The van der Waals surface area contributed by atoms with Crippen LogP contribution >= 0.6 is 0 Å². The highest BCUT2D eigenvalue weighted by Crippen LogP contribution is 2.53. The van der Waals surface area contributed by atoms with Crippen LogP contribution in [0.4, 0.5) is 4.79 Å². The van der Waals surface area contributed by atoms with Crippen LogP contribution in [-0.2, 0) is 4.74 Å². The molecule has 0 aromatic carbocycles. The van der Waals surface area contributed by atoms with Gasteiger partial charge in [-0.1, -0.05) is 0 Å². The first-order valence-electron chi connectivity index (χ1n) is 6.42. The van der Waals surface area contributed by atoms with Gasteiger partial charge in [0.2, 0.25) is 0 Å². The summed E-state index contributed by atoms with van der Waals surface area (Å²) in [5.41, 5.74) is -0.150. The molecule has 0 radical (unpaired) electrons. The van der Waals surface area contributed by atoms with Crippen molar-refractivity contribution in [1.29, 1.82) is 0 Å². The summed E-state index contributed by atoms with van der Waals surface area (Å²) >= 11 is 0. The molecule has 1 unspecified atom stereocenters. The van der Waals surface area contributed by atoms with E-state index in [9.17, 15) is 9.90 Å². The van der Waals surface area contributed by atoms with Gasteiger partial charge in [-0.3, -0.25) is 0 Å². The molecule has 2 fully saturated rings. The molecule has 1 aliphatic heterocycles. The minimum Gasteiger partial charge on any atom is -0.444 e. The number of ether oxygens (including phenoxy) is 1. The van der Waals surface area contributed by atoms with Crippen molar-refractivity contribution in [2.24, 2.45) is 11.3 Å². The molecule has 17 heavy (non-hydrogen) atoms. The lowest BCUT2D eigenvalue weighted by Gasteiger charge is -2.38. The third-order valence-corrected chi connectivity index (χ3v) is 3.59. The van der Waals surface area contributed by atoms with E-state index in [0.29, 0.717) is 12.0 Å². The first-order valence-corrected chi connectivity index (χ1v) is 6.42. The molecular weight excluding hydrogens is 218 g/mol. The van der Waals surface area contributed by atoms with E-state index in [4.69, 9.17) is 4.74 Å². The Kier molecular flexibility index (Phi) is 3.10. The normalized spacial score (nSPS) is 27.1. The summed E-state index contributed by atoms with van der Waals surface area (Å²) in [7, 11) is 0. The monoisotopic (exact) mass is 241 g/mol. The molecule has 1 amide bonds. The van der Waals surface area contributed by atoms with Crippen molar-refractivity contribution < 1.29 is 14.6 Å². The van der Waals surface area contributed by atoms with Crippen LogP contribution < -0.4 is 0 Å². The highest BCUT2D eigenvalue weighted by molar-refractivity contribution is 5.68. The minimum atomic E-state index is -0.444. The van der Waals surface area contributed by atoms with E-state index < -0.39 is 5.60 Å². The van der Waals surface area contributed by atoms with Crippen LogP contribution in [0, 0.1) is 11.3 Å². The van der Waals surface area contributed by atoms with Crippen LogP contribution in [0.5, 0.6) is 0 Å². The molecule has 2 aliphatic rings. The number of hydrogen-bond donors (Lipinski definition) is 1. The molecule has 2 rings (SSSR count). The summed E-state index contributed by atoms with van der Waals surface area (Å²) in [4.78, 5) is 13.8. The van der Waals surface area contributed by atoms with Crippen LogP contribution in [-0.4, -0.2) is 41.4 Å². The highest BCUT2D eigenvalue weighted by Gasteiger charge is 2.49. The maximum Gasteiger partial charge on any atom is 0.410 e. The smallest absolute Gasteiger partial charge is 0.410 e. The Hall–Kier alpha value is -0.770. The maximum atomic E-state index is 12.0. The molecule has 1 saturated heterocycles. The number of likely N-dealkylation sites (tertiary alicyclic amines) is 1. The molecule has 0 bridgehead atoms. The molecule has 0 aromatic heterocycles. The number of rotatable bonds is 1. The molecule has 1 saturated carbocycles. The molecule has 1 aliphatic carbocycles. The molecule has 1 atom stereocenters. The second-order valence-corrected chi connectivity index (χ2v) is 6.61. The molecule has 1 heterocycles. The molecule has 4 nitrogen and oxygen atoms in total. The molecule has 1 spiro atoms. The Bertz CT molecular complexity index is 304. The van der Waals surface area contributed by atoms with Crippen LogP contribution in [0.1, 0.15) is 40.0 Å². The molecule has 1 N–H and O–H groups in total. The van der Waals surface area contributed by atoms with Crippen LogP contribution in [0.15, 0.2) is 0 Å². The predicted molar refractivity (Wildman–Crippen MR) is 64.7 cm³/mol. The number of aliphatic hydroxyl groups excluding tert-OH is 1. The Morgan fingerprint density at radius 1 is 1.47 bits per heavy atom. The summed E-state index contributed by atoms with van der Waals surface area (Å²) in [6, 6.07) is 0. The zero-order valence-corrected chi connectivity index (χ0v) is 11.0. The number of carbonyl (C=O) groups is 1. The van der Waals surface area contributed by atoms with Gasteiger partial charge in [-0.25, -0.2) is 4.79 Å². The first kappa shape index (κ1) is 12.7. The first-order chi connectivity index (χ1) is 7.84. The zero-order chi connectivity index (χ0) is 12.7. The summed E-state index contributed by atoms with van der Waals surface area (Å²) in [6.07, 6.45) is 3.19. The highest BCUT2D eigenvalue weighted by atomic mass is 16.6. The Labute approximate surface area is 103 Å². The van der Waals surface area contributed by atoms with Crippen molar-refractivity contribution in [1.82, 2.24) is 4.90 Å². The van der Waals surface area contributed by atoms with Gasteiger partial charge in [0.15, 0.2) is 0 Å². The van der Waals surface area contributed by atoms with Crippen LogP contribution in [0.3, 0.4) is 0 Å². The van der Waals surface area contributed by atoms with Gasteiger partial charge in [0.05, 0.1) is 0 Å². The Morgan fingerprint density at radius 3 is 2.59 bits per heavy atom. The number of aliphatic hydroxyl groups is 1. The second kappa shape index (κ2) is 4.16. The molecule has 4 heteroatoms. The average Bonchev–Trinajstić information content (AvgIpc) is 2.94. The number of carbonyl (C=O) groups excluding carboxylic acids is 1. The number of amides is 1. The van der Waals surface area contributed by atoms with E-state index in [1.165, 1.54) is 12.8 Å². The van der Waals surface area contributed by atoms with Crippen molar-refractivity contribution in [3.8, 4) is 0 Å². The lowest BCUT2D eigenvalue weighted by molar-refractivity contribution is 0.00193. The average molecular weight is 241 g/mol. The van der Waals surface area contributed by atoms with Gasteiger partial charge in [0.1, 0.15) is 5.60 Å².